The quantitative estimate of drug-likeness (QED) is 0.422. The van der Waals surface area contributed by atoms with Crippen LogP contribution >= 0.6 is 0 Å². The molecule has 4 heteroatoms. The predicted molar refractivity (Wildman–Crippen MR) is 103 cm³/mol. The zero-order chi connectivity index (χ0) is 19.0. The van der Waals surface area contributed by atoms with Gasteiger partial charge in [-0.2, -0.15) is 0 Å². The van der Waals surface area contributed by atoms with E-state index in [1.54, 1.807) is 31.2 Å². The molecule has 0 N–H and O–H groups in total. The van der Waals surface area contributed by atoms with Gasteiger partial charge in [-0.1, -0.05) is 42.5 Å². The van der Waals surface area contributed by atoms with Crippen LogP contribution in [0.5, 0.6) is 0 Å². The van der Waals surface area contributed by atoms with Gasteiger partial charge >= 0.3 is 0 Å². The van der Waals surface area contributed by atoms with E-state index >= 15 is 0 Å². The Bertz CT molecular complexity index is 1170. The number of hydrogen-bond acceptors (Lipinski definition) is 2. The second kappa shape index (κ2) is 6.72. The highest BCUT2D eigenvalue weighted by atomic mass is 19.1. The molecule has 0 spiro atoms. The van der Waals surface area contributed by atoms with E-state index in [9.17, 15) is 13.6 Å². The molecule has 0 aliphatic carbocycles. The van der Waals surface area contributed by atoms with Crippen LogP contribution in [-0.4, -0.2) is 11.3 Å². The largest absolute Gasteiger partial charge is 0.298 e. The van der Waals surface area contributed by atoms with E-state index in [4.69, 9.17) is 0 Å². The molecule has 0 saturated carbocycles. The average Bonchev–Trinajstić information content (AvgIpc) is 2.68. The van der Waals surface area contributed by atoms with E-state index in [0.717, 1.165) is 17.4 Å². The summed E-state index contributed by atoms with van der Waals surface area (Å²) in [5.41, 5.74) is 4.40. The second-order valence-electron chi connectivity index (χ2n) is 6.34. The van der Waals surface area contributed by atoms with Gasteiger partial charge < -0.3 is 0 Å². The summed E-state index contributed by atoms with van der Waals surface area (Å²) < 4.78 is 27.6. The van der Waals surface area contributed by atoms with Gasteiger partial charge in [0.15, 0.2) is 6.29 Å². The molecular weight excluding hydrogens is 344 g/mol. The van der Waals surface area contributed by atoms with Crippen molar-refractivity contribution in [2.45, 2.75) is 6.92 Å². The Morgan fingerprint density at radius 1 is 0.889 bits per heavy atom. The van der Waals surface area contributed by atoms with Crippen molar-refractivity contribution in [1.82, 2.24) is 4.98 Å². The summed E-state index contributed by atoms with van der Waals surface area (Å²) in [6, 6.07) is 18.1. The normalized spacial score (nSPS) is 10.9. The fraction of sp³-hybridized carbons (Fsp3) is 0.0435. The maximum absolute atomic E-state index is 14.0. The monoisotopic (exact) mass is 359 g/mol. The van der Waals surface area contributed by atoms with Gasteiger partial charge in [0.1, 0.15) is 11.6 Å². The van der Waals surface area contributed by atoms with Crippen LogP contribution < -0.4 is 0 Å². The predicted octanol–water partition coefficient (Wildman–Crippen LogP) is 5.97. The lowest BCUT2D eigenvalue weighted by molar-refractivity contribution is 0.112. The van der Waals surface area contributed by atoms with E-state index in [0.29, 0.717) is 33.3 Å². The third-order valence-corrected chi connectivity index (χ3v) is 4.70. The zero-order valence-corrected chi connectivity index (χ0v) is 14.5. The van der Waals surface area contributed by atoms with Crippen molar-refractivity contribution in [3.63, 3.8) is 0 Å². The van der Waals surface area contributed by atoms with Gasteiger partial charge in [-0.25, -0.2) is 13.8 Å². The van der Waals surface area contributed by atoms with Crippen LogP contribution in [-0.2, 0) is 0 Å². The van der Waals surface area contributed by atoms with Crippen molar-refractivity contribution in [3.8, 4) is 22.4 Å². The van der Waals surface area contributed by atoms with Crippen LogP contribution in [0.1, 0.15) is 15.9 Å². The summed E-state index contributed by atoms with van der Waals surface area (Å²) in [7, 11) is 0. The maximum Gasteiger partial charge on any atom is 0.151 e. The van der Waals surface area contributed by atoms with Crippen molar-refractivity contribution >= 4 is 17.2 Å². The van der Waals surface area contributed by atoms with Crippen LogP contribution in [0.3, 0.4) is 0 Å². The highest BCUT2D eigenvalue weighted by Crippen LogP contribution is 2.31. The molecule has 132 valence electrons. The summed E-state index contributed by atoms with van der Waals surface area (Å²) in [5.74, 6) is -0.690. The van der Waals surface area contributed by atoms with Crippen LogP contribution in [0, 0.1) is 18.6 Å². The Balaban J connectivity index is 1.85. The molecule has 0 unspecified atom stereocenters. The number of nitrogens with zero attached hydrogens (tertiary/aromatic N) is 1. The van der Waals surface area contributed by atoms with Gasteiger partial charge in [0.05, 0.1) is 11.2 Å². The molecule has 0 aliphatic heterocycles. The number of halogens is 2. The van der Waals surface area contributed by atoms with Crippen molar-refractivity contribution in [2.24, 2.45) is 0 Å². The highest BCUT2D eigenvalue weighted by Gasteiger charge is 2.14. The Morgan fingerprint density at radius 2 is 1.59 bits per heavy atom. The van der Waals surface area contributed by atoms with Gasteiger partial charge in [-0.3, -0.25) is 4.79 Å². The number of carbonyl (C=O) groups excluding carboxylic acids is 1. The molecule has 4 rings (SSSR count). The minimum atomic E-state index is -0.409. The fourth-order valence-corrected chi connectivity index (χ4v) is 3.29. The van der Waals surface area contributed by atoms with Gasteiger partial charge in [-0.15, -0.1) is 0 Å². The topological polar surface area (TPSA) is 30.0 Å². The first kappa shape index (κ1) is 17.0. The van der Waals surface area contributed by atoms with Gasteiger partial charge in [-0.05, 0) is 42.3 Å². The van der Waals surface area contributed by atoms with Crippen molar-refractivity contribution in [2.75, 3.05) is 0 Å². The van der Waals surface area contributed by atoms with Gasteiger partial charge in [0.25, 0.3) is 0 Å². The molecule has 1 heterocycles. The number of aldehydes is 1. The molecule has 0 saturated heterocycles. The second-order valence-corrected chi connectivity index (χ2v) is 6.34. The fourth-order valence-electron chi connectivity index (χ4n) is 3.29. The lowest BCUT2D eigenvalue weighted by Gasteiger charge is -2.12. The van der Waals surface area contributed by atoms with Crippen LogP contribution in [0.4, 0.5) is 8.78 Å². The lowest BCUT2D eigenvalue weighted by atomic mass is 9.97. The maximum atomic E-state index is 14.0. The van der Waals surface area contributed by atoms with E-state index in [1.807, 2.05) is 24.3 Å². The Hall–Kier alpha value is -3.40. The number of benzene rings is 3. The summed E-state index contributed by atoms with van der Waals surface area (Å²) in [4.78, 5) is 16.2. The summed E-state index contributed by atoms with van der Waals surface area (Å²) >= 11 is 0. The Kier molecular flexibility index (Phi) is 4.24. The number of pyridine rings is 1. The van der Waals surface area contributed by atoms with Crippen molar-refractivity contribution in [1.29, 1.82) is 0 Å². The Morgan fingerprint density at radius 3 is 2.30 bits per heavy atom. The summed E-state index contributed by atoms with van der Waals surface area (Å²) in [6.45, 7) is 1.79. The number of aromatic nitrogens is 1. The van der Waals surface area contributed by atoms with Crippen LogP contribution in [0.25, 0.3) is 33.3 Å². The van der Waals surface area contributed by atoms with E-state index < -0.39 is 5.82 Å². The van der Waals surface area contributed by atoms with Crippen LogP contribution in [0.15, 0.2) is 66.7 Å². The van der Waals surface area contributed by atoms with E-state index in [-0.39, 0.29) is 5.82 Å². The molecule has 0 aliphatic rings. The minimum Gasteiger partial charge on any atom is -0.298 e. The standard InChI is InChI=1S/C23H15F2NO/c1-14-20(13-27)19-12-17(24)10-11-22(19)26-23(14)16-8-6-15(7-9-16)18-4-2-3-5-21(18)25/h2-13H,1H3. The smallest absolute Gasteiger partial charge is 0.151 e. The third kappa shape index (κ3) is 2.99. The molecule has 3 aromatic carbocycles. The minimum absolute atomic E-state index is 0.282. The first-order valence-electron chi connectivity index (χ1n) is 8.49. The number of hydrogen-bond donors (Lipinski definition) is 0. The SMILES string of the molecule is Cc1c(-c2ccc(-c3ccccc3F)cc2)nc2ccc(F)cc2c1C=O. The molecule has 0 bridgehead atoms. The molecular formula is C23H15F2NO. The zero-order valence-electron chi connectivity index (χ0n) is 14.5. The summed E-state index contributed by atoms with van der Waals surface area (Å²) in [6.07, 6.45) is 0.732. The number of rotatable bonds is 3. The Labute approximate surface area is 155 Å². The average molecular weight is 359 g/mol. The summed E-state index contributed by atoms with van der Waals surface area (Å²) in [5, 5.41) is 0.495. The molecule has 27 heavy (non-hydrogen) atoms. The molecule has 2 nitrogen and oxygen atoms in total. The molecule has 1 aromatic heterocycles. The third-order valence-electron chi connectivity index (χ3n) is 4.70. The molecule has 4 aromatic rings. The first-order valence-corrected chi connectivity index (χ1v) is 8.49. The highest BCUT2D eigenvalue weighted by molar-refractivity contribution is 6.00. The first-order chi connectivity index (χ1) is 13.1. The molecule has 0 atom stereocenters. The molecule has 0 amide bonds. The number of fused-ring (bicyclic) bond motifs is 1. The van der Waals surface area contributed by atoms with Crippen LogP contribution in [0.2, 0.25) is 0 Å². The number of carbonyl (C=O) groups is 1. The van der Waals surface area contributed by atoms with E-state index in [1.165, 1.54) is 18.2 Å². The van der Waals surface area contributed by atoms with Crippen molar-refractivity contribution < 1.29 is 13.6 Å². The molecule has 0 fully saturated rings. The van der Waals surface area contributed by atoms with Gasteiger partial charge in [0, 0.05) is 22.1 Å². The van der Waals surface area contributed by atoms with Gasteiger partial charge in [0.2, 0.25) is 0 Å². The lowest BCUT2D eigenvalue weighted by Crippen LogP contribution is -1.98. The van der Waals surface area contributed by atoms with Crippen molar-refractivity contribution in [3.05, 3.63) is 89.5 Å². The molecule has 0 radical (unpaired) electrons. The van der Waals surface area contributed by atoms with E-state index in [2.05, 4.69) is 4.98 Å².